The van der Waals surface area contributed by atoms with E-state index in [1.54, 1.807) is 36.3 Å². The zero-order chi connectivity index (χ0) is 24.6. The highest BCUT2D eigenvalue weighted by atomic mass is 19.1. The van der Waals surface area contributed by atoms with Crippen LogP contribution in [-0.4, -0.2) is 54.5 Å². The van der Waals surface area contributed by atoms with Crippen LogP contribution in [0.2, 0.25) is 0 Å². The molecule has 2 saturated heterocycles. The number of methoxy groups -OCH3 is 1. The van der Waals surface area contributed by atoms with E-state index < -0.39 is 23.2 Å². The number of ether oxygens (including phenoxy) is 1. The third-order valence-electron chi connectivity index (χ3n) is 7.16. The summed E-state index contributed by atoms with van der Waals surface area (Å²) in [5.74, 6) is -0.615. The molecule has 184 valence electrons. The van der Waals surface area contributed by atoms with Crippen LogP contribution in [0, 0.1) is 11.6 Å². The number of amides is 3. The van der Waals surface area contributed by atoms with Crippen molar-refractivity contribution >= 4 is 23.5 Å². The number of likely N-dealkylation sites (tertiary alicyclic amines) is 1. The van der Waals surface area contributed by atoms with E-state index in [9.17, 15) is 18.4 Å². The smallest absolute Gasteiger partial charge is 0.328 e. The highest BCUT2D eigenvalue weighted by Gasteiger charge is 2.56. The molecule has 5 rings (SSSR count). The number of hydrogen-bond donors (Lipinski definition) is 1. The molecule has 0 aromatic heterocycles. The number of anilines is 1. The Morgan fingerprint density at radius 1 is 1.09 bits per heavy atom. The molecule has 3 amide bonds. The summed E-state index contributed by atoms with van der Waals surface area (Å²) >= 11 is 0. The van der Waals surface area contributed by atoms with Crippen molar-refractivity contribution in [2.75, 3.05) is 25.1 Å². The van der Waals surface area contributed by atoms with Gasteiger partial charge in [-0.2, -0.15) is 0 Å². The second kappa shape index (κ2) is 9.28. The largest absolute Gasteiger partial charge is 0.497 e. The molecule has 2 aliphatic heterocycles. The number of carbonyl (C=O) groups excluding carboxylic acids is 2. The predicted molar refractivity (Wildman–Crippen MR) is 128 cm³/mol. The second-order valence-corrected chi connectivity index (χ2v) is 9.40. The van der Waals surface area contributed by atoms with E-state index in [2.05, 4.69) is 5.32 Å². The Morgan fingerprint density at radius 2 is 1.77 bits per heavy atom. The van der Waals surface area contributed by atoms with Crippen LogP contribution < -0.4 is 15.0 Å². The van der Waals surface area contributed by atoms with E-state index in [0.29, 0.717) is 30.1 Å². The van der Waals surface area contributed by atoms with Crippen molar-refractivity contribution in [2.24, 2.45) is 4.99 Å². The zero-order valence-corrected chi connectivity index (χ0v) is 19.6. The van der Waals surface area contributed by atoms with E-state index in [0.717, 1.165) is 50.3 Å². The number of hydrogen-bond acceptors (Lipinski definition) is 4. The molecule has 1 atom stereocenters. The van der Waals surface area contributed by atoms with Gasteiger partial charge in [-0.1, -0.05) is 19.3 Å². The average molecular weight is 483 g/mol. The number of amidine groups is 1. The van der Waals surface area contributed by atoms with E-state index >= 15 is 0 Å². The van der Waals surface area contributed by atoms with Crippen molar-refractivity contribution in [1.29, 1.82) is 0 Å². The summed E-state index contributed by atoms with van der Waals surface area (Å²) in [5.41, 5.74) is -0.418. The first kappa shape index (κ1) is 23.3. The minimum Gasteiger partial charge on any atom is -0.497 e. The van der Waals surface area contributed by atoms with Gasteiger partial charge in [-0.25, -0.2) is 13.6 Å². The van der Waals surface area contributed by atoms with Crippen LogP contribution in [0.4, 0.5) is 19.3 Å². The van der Waals surface area contributed by atoms with Gasteiger partial charge in [0.1, 0.15) is 28.8 Å². The van der Waals surface area contributed by atoms with Crippen molar-refractivity contribution in [3.63, 3.8) is 0 Å². The van der Waals surface area contributed by atoms with Gasteiger partial charge in [0.15, 0.2) is 0 Å². The van der Waals surface area contributed by atoms with Gasteiger partial charge in [0.2, 0.25) is 0 Å². The number of carbonyl (C=O) groups is 2. The molecule has 1 unspecified atom stereocenters. The van der Waals surface area contributed by atoms with Gasteiger partial charge in [0.25, 0.3) is 5.91 Å². The number of nitrogens with one attached hydrogen (secondary N) is 1. The molecule has 1 aliphatic carbocycles. The molecule has 0 bridgehead atoms. The predicted octanol–water partition coefficient (Wildman–Crippen LogP) is 4.52. The maximum Gasteiger partial charge on any atom is 0.328 e. The van der Waals surface area contributed by atoms with Crippen LogP contribution in [0.3, 0.4) is 0 Å². The first-order chi connectivity index (χ1) is 16.9. The fourth-order valence-electron chi connectivity index (χ4n) is 5.41. The molecular formula is C26H28F2N4O3. The molecule has 35 heavy (non-hydrogen) atoms. The monoisotopic (exact) mass is 482 g/mol. The minimum atomic E-state index is -1.02. The first-order valence-electron chi connectivity index (χ1n) is 12.0. The molecule has 2 aromatic rings. The Balaban J connectivity index is 1.51. The molecule has 0 radical (unpaired) electrons. The Bertz CT molecular complexity index is 1140. The van der Waals surface area contributed by atoms with Crippen molar-refractivity contribution in [2.45, 2.75) is 50.1 Å². The molecule has 9 heteroatoms. The fraction of sp³-hybridized carbons (Fsp3) is 0.423. The molecule has 1 N–H and O–H groups in total. The van der Waals surface area contributed by atoms with Gasteiger partial charge < -0.3 is 9.64 Å². The van der Waals surface area contributed by atoms with E-state index in [4.69, 9.17) is 9.73 Å². The van der Waals surface area contributed by atoms with Gasteiger partial charge in [0, 0.05) is 18.2 Å². The Labute approximate surface area is 202 Å². The molecule has 3 aliphatic rings. The topological polar surface area (TPSA) is 74.2 Å². The van der Waals surface area contributed by atoms with Crippen molar-refractivity contribution in [1.82, 2.24) is 10.2 Å². The molecule has 7 nitrogen and oxygen atoms in total. The molecule has 1 saturated carbocycles. The number of halogens is 2. The first-order valence-corrected chi connectivity index (χ1v) is 12.0. The lowest BCUT2D eigenvalue weighted by Gasteiger charge is -2.34. The van der Waals surface area contributed by atoms with Crippen LogP contribution in [0.5, 0.6) is 5.75 Å². The Hall–Kier alpha value is -3.49. The summed E-state index contributed by atoms with van der Waals surface area (Å²) in [5, 5.41) is 2.87. The number of urea groups is 1. The van der Waals surface area contributed by atoms with Gasteiger partial charge in [0.05, 0.1) is 25.4 Å². The maximum absolute atomic E-state index is 14.1. The normalized spacial score (nSPS) is 23.9. The number of aliphatic imine (C=N–C) groups is 1. The number of benzene rings is 2. The summed E-state index contributed by atoms with van der Waals surface area (Å²) in [7, 11) is 1.56. The zero-order valence-electron chi connectivity index (χ0n) is 19.6. The number of nitrogens with zero attached hydrogens (tertiary/aromatic N) is 3. The Kier molecular flexibility index (Phi) is 6.17. The van der Waals surface area contributed by atoms with Crippen molar-refractivity contribution < 1.29 is 23.1 Å². The minimum absolute atomic E-state index is 0.0754. The summed E-state index contributed by atoms with van der Waals surface area (Å²) in [6.45, 7) is 0.540. The van der Waals surface area contributed by atoms with Gasteiger partial charge in [-0.05, 0) is 55.7 Å². The highest BCUT2D eigenvalue weighted by Crippen LogP contribution is 2.39. The van der Waals surface area contributed by atoms with Gasteiger partial charge in [-0.3, -0.25) is 20.0 Å². The fourth-order valence-corrected chi connectivity index (χ4v) is 5.41. The third-order valence-corrected chi connectivity index (χ3v) is 7.16. The molecular weight excluding hydrogens is 454 g/mol. The summed E-state index contributed by atoms with van der Waals surface area (Å²) in [6, 6.07) is 9.46. The van der Waals surface area contributed by atoms with Crippen molar-refractivity contribution in [3.8, 4) is 5.75 Å². The summed E-state index contributed by atoms with van der Waals surface area (Å²) in [6.07, 6.45) is 5.57. The van der Waals surface area contributed by atoms with Crippen LogP contribution in [0.15, 0.2) is 47.5 Å². The van der Waals surface area contributed by atoms with Gasteiger partial charge in [-0.15, -0.1) is 0 Å². The summed E-state index contributed by atoms with van der Waals surface area (Å²) < 4.78 is 33.5. The van der Waals surface area contributed by atoms with Crippen molar-refractivity contribution in [3.05, 3.63) is 59.7 Å². The van der Waals surface area contributed by atoms with Crippen LogP contribution in [0.1, 0.15) is 48.9 Å². The standard InChI is InChI=1S/C26H28F2N4O3/c1-35-22-9-7-17(8-10-22)23(33)31-12-11-26(16-31)24(29-20-5-3-2-4-6-20)30-25(34)32(26)21-14-18(27)13-19(28)15-21/h7-10,13-15,20H,2-6,11-12,16H2,1H3,(H,29,30,34). The molecule has 2 aromatic carbocycles. The SMILES string of the molecule is COc1ccc(C(=O)N2CCC3(C2)C(=NC2CCCCC2)NC(=O)N3c2cc(F)cc(F)c2)cc1. The molecule has 3 fully saturated rings. The van der Waals surface area contributed by atoms with E-state index in [1.807, 2.05) is 0 Å². The molecule has 1 spiro atoms. The third kappa shape index (κ3) is 4.35. The highest BCUT2D eigenvalue weighted by molar-refractivity contribution is 6.19. The summed E-state index contributed by atoms with van der Waals surface area (Å²) in [4.78, 5) is 34.5. The quantitative estimate of drug-likeness (QED) is 0.697. The average Bonchev–Trinajstić information content (AvgIpc) is 3.40. The maximum atomic E-state index is 14.1. The van der Waals surface area contributed by atoms with Crippen LogP contribution >= 0.6 is 0 Å². The lowest BCUT2D eigenvalue weighted by atomic mass is 9.93. The van der Waals surface area contributed by atoms with Crippen LogP contribution in [-0.2, 0) is 0 Å². The number of rotatable bonds is 4. The Morgan fingerprint density at radius 3 is 2.43 bits per heavy atom. The second-order valence-electron chi connectivity index (χ2n) is 9.40. The van der Waals surface area contributed by atoms with E-state index in [-0.39, 0.29) is 24.2 Å². The van der Waals surface area contributed by atoms with Gasteiger partial charge >= 0.3 is 6.03 Å². The molecule has 2 heterocycles. The van der Waals surface area contributed by atoms with Crippen LogP contribution in [0.25, 0.3) is 0 Å². The van der Waals surface area contributed by atoms with E-state index in [1.165, 1.54) is 4.90 Å². The lowest BCUT2D eigenvalue weighted by Crippen LogP contribution is -2.53. The lowest BCUT2D eigenvalue weighted by molar-refractivity contribution is 0.0788.